The van der Waals surface area contributed by atoms with E-state index < -0.39 is 17.6 Å². The van der Waals surface area contributed by atoms with E-state index in [2.05, 4.69) is 10.6 Å². The third-order valence-corrected chi connectivity index (χ3v) is 4.12. The summed E-state index contributed by atoms with van der Waals surface area (Å²) in [5, 5.41) is 5.14. The van der Waals surface area contributed by atoms with E-state index in [1.807, 2.05) is 13.8 Å². The zero-order valence-electron chi connectivity index (χ0n) is 16.1. The van der Waals surface area contributed by atoms with Crippen molar-refractivity contribution in [2.45, 2.75) is 39.3 Å². The third-order valence-electron chi connectivity index (χ3n) is 4.12. The lowest BCUT2D eigenvalue weighted by molar-refractivity contribution is -0.137. The van der Waals surface area contributed by atoms with Gasteiger partial charge in [-0.3, -0.25) is 14.4 Å². The van der Waals surface area contributed by atoms with Crippen LogP contribution in [0.1, 0.15) is 49.0 Å². The molecule has 1 aromatic carbocycles. The first-order chi connectivity index (χ1) is 13.2. The van der Waals surface area contributed by atoms with Crippen molar-refractivity contribution < 1.29 is 27.6 Å². The van der Waals surface area contributed by atoms with E-state index in [0.717, 1.165) is 24.3 Å². The minimum absolute atomic E-state index is 0.0154. The van der Waals surface area contributed by atoms with Crippen LogP contribution >= 0.6 is 0 Å². The molecule has 0 aliphatic rings. The molecule has 9 heteroatoms. The van der Waals surface area contributed by atoms with Crippen molar-refractivity contribution in [3.05, 3.63) is 35.4 Å². The Kier molecular flexibility index (Phi) is 9.47. The molecule has 0 bridgehead atoms. The number of carbonyl (C=O) groups excluding carboxylic acids is 3. The number of hydrogen-bond acceptors (Lipinski definition) is 3. The van der Waals surface area contributed by atoms with Gasteiger partial charge in [0.25, 0.3) is 5.91 Å². The molecule has 1 aromatic rings. The van der Waals surface area contributed by atoms with Gasteiger partial charge in [0.1, 0.15) is 0 Å². The molecular formula is C19H26F3N3O3. The molecule has 2 N–H and O–H groups in total. The van der Waals surface area contributed by atoms with Gasteiger partial charge in [0.2, 0.25) is 11.8 Å². The lowest BCUT2D eigenvalue weighted by Gasteiger charge is -2.18. The molecule has 3 amide bonds. The highest BCUT2D eigenvalue weighted by Gasteiger charge is 2.30. The minimum Gasteiger partial charge on any atom is -0.354 e. The van der Waals surface area contributed by atoms with Gasteiger partial charge in [-0.05, 0) is 44.5 Å². The molecule has 0 radical (unpaired) electrons. The van der Waals surface area contributed by atoms with E-state index >= 15 is 0 Å². The number of alkyl halides is 3. The van der Waals surface area contributed by atoms with Gasteiger partial charge in [0.15, 0.2) is 0 Å². The second-order valence-electron chi connectivity index (χ2n) is 6.10. The predicted octanol–water partition coefficient (Wildman–Crippen LogP) is 2.59. The van der Waals surface area contributed by atoms with E-state index in [1.54, 1.807) is 4.90 Å². The maximum atomic E-state index is 12.5. The van der Waals surface area contributed by atoms with Crippen LogP contribution in [0.25, 0.3) is 0 Å². The molecule has 28 heavy (non-hydrogen) atoms. The Morgan fingerprint density at radius 1 is 0.929 bits per heavy atom. The highest BCUT2D eigenvalue weighted by molar-refractivity contribution is 5.94. The van der Waals surface area contributed by atoms with Crippen LogP contribution < -0.4 is 10.6 Å². The molecular weight excluding hydrogens is 375 g/mol. The number of nitrogens with one attached hydrogen (secondary N) is 2. The second kappa shape index (κ2) is 11.3. The first kappa shape index (κ1) is 23.5. The SMILES string of the molecule is CCN(CC)C(=O)CCCC(=O)NCCNC(=O)c1ccc(C(F)(F)F)cc1. The molecule has 0 saturated heterocycles. The number of nitrogens with zero attached hydrogens (tertiary/aromatic N) is 1. The largest absolute Gasteiger partial charge is 0.416 e. The topological polar surface area (TPSA) is 78.5 Å². The van der Waals surface area contributed by atoms with Crippen molar-refractivity contribution >= 4 is 17.7 Å². The van der Waals surface area contributed by atoms with Gasteiger partial charge in [0, 0.05) is 44.6 Å². The summed E-state index contributed by atoms with van der Waals surface area (Å²) in [5.41, 5.74) is -0.718. The summed E-state index contributed by atoms with van der Waals surface area (Å²) >= 11 is 0. The summed E-state index contributed by atoms with van der Waals surface area (Å²) < 4.78 is 37.5. The number of carbonyl (C=O) groups is 3. The number of benzene rings is 1. The van der Waals surface area contributed by atoms with E-state index in [-0.39, 0.29) is 36.9 Å². The Morgan fingerprint density at radius 3 is 2.04 bits per heavy atom. The first-order valence-electron chi connectivity index (χ1n) is 9.19. The van der Waals surface area contributed by atoms with E-state index in [1.165, 1.54) is 0 Å². The van der Waals surface area contributed by atoms with Crippen LogP contribution in [0.5, 0.6) is 0 Å². The molecule has 0 aliphatic heterocycles. The van der Waals surface area contributed by atoms with E-state index in [9.17, 15) is 27.6 Å². The van der Waals surface area contributed by atoms with E-state index in [0.29, 0.717) is 25.9 Å². The fourth-order valence-electron chi connectivity index (χ4n) is 2.51. The maximum absolute atomic E-state index is 12.5. The predicted molar refractivity (Wildman–Crippen MR) is 98.6 cm³/mol. The summed E-state index contributed by atoms with van der Waals surface area (Å²) in [6.45, 7) is 5.40. The van der Waals surface area contributed by atoms with Gasteiger partial charge in [0.05, 0.1) is 5.56 Å². The van der Waals surface area contributed by atoms with Crippen molar-refractivity contribution in [3.8, 4) is 0 Å². The second-order valence-corrected chi connectivity index (χ2v) is 6.10. The summed E-state index contributed by atoms with van der Waals surface area (Å²) in [6, 6.07) is 3.89. The zero-order chi connectivity index (χ0) is 21.2. The number of amides is 3. The van der Waals surface area contributed by atoms with Crippen molar-refractivity contribution in [1.82, 2.24) is 15.5 Å². The Balaban J connectivity index is 2.24. The van der Waals surface area contributed by atoms with Crippen LogP contribution in [0.2, 0.25) is 0 Å². The Bertz CT molecular complexity index is 657. The highest BCUT2D eigenvalue weighted by Crippen LogP contribution is 2.29. The summed E-state index contributed by atoms with van der Waals surface area (Å²) in [5.74, 6) is -0.731. The number of halogens is 3. The Hall–Kier alpha value is -2.58. The molecule has 0 aliphatic carbocycles. The normalized spacial score (nSPS) is 11.0. The lowest BCUT2D eigenvalue weighted by atomic mass is 10.1. The van der Waals surface area contributed by atoms with Gasteiger partial charge < -0.3 is 15.5 Å². The van der Waals surface area contributed by atoms with Crippen molar-refractivity contribution in [1.29, 1.82) is 0 Å². The molecule has 0 heterocycles. The Morgan fingerprint density at radius 2 is 1.50 bits per heavy atom. The Labute approximate surface area is 162 Å². The van der Waals surface area contributed by atoms with Crippen LogP contribution in [0, 0.1) is 0 Å². The summed E-state index contributed by atoms with van der Waals surface area (Å²) in [6.07, 6.45) is -3.49. The smallest absolute Gasteiger partial charge is 0.354 e. The molecule has 6 nitrogen and oxygen atoms in total. The van der Waals surface area contributed by atoms with Crippen LogP contribution in [-0.2, 0) is 15.8 Å². The van der Waals surface area contributed by atoms with E-state index in [4.69, 9.17) is 0 Å². The van der Waals surface area contributed by atoms with Crippen molar-refractivity contribution in [2.24, 2.45) is 0 Å². The quantitative estimate of drug-likeness (QED) is 0.592. The van der Waals surface area contributed by atoms with Crippen LogP contribution in [-0.4, -0.2) is 48.8 Å². The molecule has 0 atom stereocenters. The van der Waals surface area contributed by atoms with Gasteiger partial charge in [-0.1, -0.05) is 0 Å². The minimum atomic E-state index is -4.45. The molecule has 156 valence electrons. The highest BCUT2D eigenvalue weighted by atomic mass is 19.4. The van der Waals surface area contributed by atoms with Crippen molar-refractivity contribution in [3.63, 3.8) is 0 Å². The lowest BCUT2D eigenvalue weighted by Crippen LogP contribution is -2.35. The summed E-state index contributed by atoms with van der Waals surface area (Å²) in [7, 11) is 0. The molecule has 0 saturated carbocycles. The average Bonchev–Trinajstić information content (AvgIpc) is 2.65. The van der Waals surface area contributed by atoms with Gasteiger partial charge in [-0.15, -0.1) is 0 Å². The third kappa shape index (κ3) is 7.98. The number of hydrogen-bond donors (Lipinski definition) is 2. The van der Waals surface area contributed by atoms with Crippen molar-refractivity contribution in [2.75, 3.05) is 26.2 Å². The summed E-state index contributed by atoms with van der Waals surface area (Å²) in [4.78, 5) is 37.1. The van der Waals surface area contributed by atoms with Gasteiger partial charge >= 0.3 is 6.18 Å². The molecule has 0 unspecified atom stereocenters. The zero-order valence-corrected chi connectivity index (χ0v) is 16.1. The monoisotopic (exact) mass is 401 g/mol. The molecule has 1 rings (SSSR count). The fourth-order valence-corrected chi connectivity index (χ4v) is 2.51. The molecule has 0 fully saturated rings. The fraction of sp³-hybridized carbons (Fsp3) is 0.526. The van der Waals surface area contributed by atoms with Gasteiger partial charge in [-0.25, -0.2) is 0 Å². The van der Waals surface area contributed by atoms with Crippen LogP contribution in [0.3, 0.4) is 0 Å². The van der Waals surface area contributed by atoms with Gasteiger partial charge in [-0.2, -0.15) is 13.2 Å². The first-order valence-corrected chi connectivity index (χ1v) is 9.19. The van der Waals surface area contributed by atoms with Crippen LogP contribution in [0.15, 0.2) is 24.3 Å². The van der Waals surface area contributed by atoms with Crippen LogP contribution in [0.4, 0.5) is 13.2 Å². The molecule has 0 aromatic heterocycles. The standard InChI is InChI=1S/C19H26F3N3O3/c1-3-25(4-2)17(27)7-5-6-16(26)23-12-13-24-18(28)14-8-10-15(11-9-14)19(20,21)22/h8-11H,3-7,12-13H2,1-2H3,(H,23,26)(H,24,28). The molecule has 0 spiro atoms. The average molecular weight is 401 g/mol. The maximum Gasteiger partial charge on any atom is 0.416 e. The number of rotatable bonds is 10.